The van der Waals surface area contributed by atoms with Gasteiger partial charge < -0.3 is 14.4 Å². The van der Waals surface area contributed by atoms with E-state index >= 15 is 0 Å². The highest BCUT2D eigenvalue weighted by Gasteiger charge is 2.45. The number of phenolic OH excluding ortho intramolecular Hbond substituents is 1. The fourth-order valence-corrected chi connectivity index (χ4v) is 4.56. The summed E-state index contributed by atoms with van der Waals surface area (Å²) in [5, 5.41) is 9.35. The Kier molecular flexibility index (Phi) is 7.09. The van der Waals surface area contributed by atoms with Crippen LogP contribution in [0.4, 0.5) is 5.69 Å². The summed E-state index contributed by atoms with van der Waals surface area (Å²) in [6.07, 6.45) is 3.53. The first kappa shape index (κ1) is 21.5. The third-order valence-electron chi connectivity index (χ3n) is 5.87. The van der Waals surface area contributed by atoms with E-state index in [0.717, 1.165) is 38.0 Å². The van der Waals surface area contributed by atoms with E-state index in [9.17, 15) is 9.32 Å². The standard InChI is InChI=1S/C23H29NO4S/c1-18-23(2,14-5-6-17-29(26)27)21-8-3-4-9-22(21)24(18)15-7-16-28-20-12-10-19(25)11-13-20/h3-4,8-13H,5-7,14-17H2,1-2H3,(H-,25,26,27)/p+1. The number of hydrogen-bond acceptors (Lipinski definition) is 3. The van der Waals surface area contributed by atoms with Gasteiger partial charge in [0.05, 0.1) is 12.0 Å². The number of unbranched alkanes of at least 4 members (excludes halogenated alkanes) is 1. The number of ether oxygens (including phenoxy) is 1. The van der Waals surface area contributed by atoms with Crippen molar-refractivity contribution in [3.8, 4) is 11.5 Å². The molecule has 3 rings (SSSR count). The smallest absolute Gasteiger partial charge is 0.209 e. The van der Waals surface area contributed by atoms with Crippen LogP contribution in [0.15, 0.2) is 48.5 Å². The van der Waals surface area contributed by atoms with Crippen LogP contribution in [-0.2, 0) is 16.5 Å². The van der Waals surface area contributed by atoms with Crippen LogP contribution in [0, 0.1) is 0 Å². The summed E-state index contributed by atoms with van der Waals surface area (Å²) in [6.45, 7) is 5.96. The van der Waals surface area contributed by atoms with E-state index < -0.39 is 11.1 Å². The predicted octanol–water partition coefficient (Wildman–Crippen LogP) is 4.63. The van der Waals surface area contributed by atoms with Gasteiger partial charge in [-0.3, -0.25) is 0 Å². The van der Waals surface area contributed by atoms with Crippen molar-refractivity contribution >= 4 is 22.5 Å². The molecule has 2 atom stereocenters. The summed E-state index contributed by atoms with van der Waals surface area (Å²) in [7, 11) is 0. The van der Waals surface area contributed by atoms with Gasteiger partial charge >= 0.3 is 0 Å². The molecule has 0 saturated carbocycles. The largest absolute Gasteiger partial charge is 0.508 e. The zero-order valence-electron chi connectivity index (χ0n) is 17.1. The Morgan fingerprint density at radius 1 is 1.07 bits per heavy atom. The van der Waals surface area contributed by atoms with E-state index in [2.05, 4.69) is 42.7 Å². The van der Waals surface area contributed by atoms with Gasteiger partial charge in [0.1, 0.15) is 11.5 Å². The maximum atomic E-state index is 10.9. The molecule has 29 heavy (non-hydrogen) atoms. The van der Waals surface area contributed by atoms with Gasteiger partial charge in [0.25, 0.3) is 0 Å². The molecule has 0 spiro atoms. The highest BCUT2D eigenvalue weighted by Crippen LogP contribution is 2.42. The number of fused-ring (bicyclic) bond motifs is 1. The first-order valence-corrected chi connectivity index (χ1v) is 11.4. The molecule has 0 aliphatic carbocycles. The number of phenols is 1. The molecule has 156 valence electrons. The normalized spacial score (nSPS) is 19.3. The zero-order chi connectivity index (χ0) is 20.9. The summed E-state index contributed by atoms with van der Waals surface area (Å²) in [5.74, 6) is 1.34. The van der Waals surface area contributed by atoms with Crippen LogP contribution in [0.25, 0.3) is 0 Å². The SMILES string of the molecule is CC1=[N+](CCCOc2ccc(O)cc2)c2ccccc2C1(C)CCCCS(=O)O. The van der Waals surface area contributed by atoms with Crippen LogP contribution in [-0.4, -0.2) is 43.1 Å². The van der Waals surface area contributed by atoms with Crippen LogP contribution in [0.5, 0.6) is 11.5 Å². The number of nitrogens with zero attached hydrogens (tertiary/aromatic N) is 1. The highest BCUT2D eigenvalue weighted by molar-refractivity contribution is 7.79. The average molecular weight is 417 g/mol. The topological polar surface area (TPSA) is 69.8 Å². The van der Waals surface area contributed by atoms with Crippen LogP contribution in [0.3, 0.4) is 0 Å². The summed E-state index contributed by atoms with van der Waals surface area (Å²) < 4.78 is 28.1. The highest BCUT2D eigenvalue weighted by atomic mass is 32.2. The van der Waals surface area contributed by atoms with E-state index in [4.69, 9.17) is 9.29 Å². The number of rotatable bonds is 10. The van der Waals surface area contributed by atoms with Gasteiger partial charge in [0.15, 0.2) is 23.3 Å². The van der Waals surface area contributed by atoms with Gasteiger partial charge in [-0.2, -0.15) is 4.58 Å². The monoisotopic (exact) mass is 416 g/mol. The molecule has 1 aliphatic rings. The first-order chi connectivity index (χ1) is 13.9. The molecule has 2 aromatic carbocycles. The van der Waals surface area contributed by atoms with Gasteiger partial charge in [0.2, 0.25) is 5.69 Å². The Bertz CT molecular complexity index is 894. The van der Waals surface area contributed by atoms with Crippen molar-refractivity contribution in [2.24, 2.45) is 0 Å². The summed E-state index contributed by atoms with van der Waals surface area (Å²) in [5.41, 5.74) is 3.86. The van der Waals surface area contributed by atoms with Gasteiger partial charge in [-0.25, -0.2) is 4.21 Å². The van der Waals surface area contributed by atoms with E-state index in [1.807, 2.05) is 0 Å². The van der Waals surface area contributed by atoms with Crippen molar-refractivity contribution in [2.45, 2.75) is 44.9 Å². The Hall–Kier alpha value is -2.18. The summed E-state index contributed by atoms with van der Waals surface area (Å²) in [6, 6.07) is 15.3. The minimum Gasteiger partial charge on any atom is -0.508 e. The Morgan fingerprint density at radius 2 is 1.79 bits per heavy atom. The number of benzene rings is 2. The van der Waals surface area contributed by atoms with Crippen molar-refractivity contribution in [3.05, 3.63) is 54.1 Å². The lowest BCUT2D eigenvalue weighted by atomic mass is 9.76. The lowest BCUT2D eigenvalue weighted by Crippen LogP contribution is -2.30. The van der Waals surface area contributed by atoms with Crippen molar-refractivity contribution < 1.29 is 23.2 Å². The predicted molar refractivity (Wildman–Crippen MR) is 117 cm³/mol. The lowest BCUT2D eigenvalue weighted by Gasteiger charge is -2.22. The van der Waals surface area contributed by atoms with Crippen molar-refractivity contribution in [2.75, 3.05) is 18.9 Å². The van der Waals surface area contributed by atoms with Crippen molar-refractivity contribution in [3.63, 3.8) is 0 Å². The van der Waals surface area contributed by atoms with E-state index in [-0.39, 0.29) is 11.2 Å². The van der Waals surface area contributed by atoms with Crippen LogP contribution in [0.2, 0.25) is 0 Å². The fourth-order valence-electron chi connectivity index (χ4n) is 4.11. The second kappa shape index (κ2) is 9.55. The second-order valence-electron chi connectivity index (χ2n) is 7.76. The third kappa shape index (κ3) is 5.06. The van der Waals surface area contributed by atoms with Gasteiger partial charge in [-0.05, 0) is 44.0 Å². The Morgan fingerprint density at radius 3 is 2.52 bits per heavy atom. The molecular weight excluding hydrogens is 386 g/mol. The Labute approximate surface area is 175 Å². The Balaban J connectivity index is 1.65. The molecule has 0 bridgehead atoms. The molecule has 0 radical (unpaired) electrons. The molecule has 6 heteroatoms. The van der Waals surface area contributed by atoms with Gasteiger partial charge in [-0.1, -0.05) is 24.6 Å². The fraction of sp³-hybridized carbons (Fsp3) is 0.435. The average Bonchev–Trinajstić information content (AvgIpc) is 2.92. The molecule has 1 aliphatic heterocycles. The molecule has 1 heterocycles. The van der Waals surface area contributed by atoms with Gasteiger partial charge in [-0.15, -0.1) is 0 Å². The molecule has 5 nitrogen and oxygen atoms in total. The molecule has 0 fully saturated rings. The minimum atomic E-state index is -1.71. The summed E-state index contributed by atoms with van der Waals surface area (Å²) >= 11 is -1.71. The molecule has 0 aromatic heterocycles. The molecule has 2 aromatic rings. The van der Waals surface area contributed by atoms with Gasteiger partial charge in [0, 0.05) is 30.7 Å². The number of hydrogen-bond donors (Lipinski definition) is 2. The lowest BCUT2D eigenvalue weighted by molar-refractivity contribution is -0.440. The molecule has 2 unspecified atom stereocenters. The van der Waals surface area contributed by atoms with Crippen LogP contribution in [0.1, 0.15) is 45.1 Å². The van der Waals surface area contributed by atoms with Crippen LogP contribution >= 0.6 is 0 Å². The molecular formula is C23H30NO4S+. The summed E-state index contributed by atoms with van der Waals surface area (Å²) in [4.78, 5) is 0. The second-order valence-corrected chi connectivity index (χ2v) is 8.82. The third-order valence-corrected chi connectivity index (χ3v) is 6.51. The molecule has 0 amide bonds. The van der Waals surface area contributed by atoms with Crippen LogP contribution < -0.4 is 4.74 Å². The zero-order valence-corrected chi connectivity index (χ0v) is 18.0. The first-order valence-electron chi connectivity index (χ1n) is 10.1. The molecule has 2 N–H and O–H groups in total. The quantitative estimate of drug-likeness (QED) is 0.337. The van der Waals surface area contributed by atoms with E-state index in [1.165, 1.54) is 17.0 Å². The van der Waals surface area contributed by atoms with Crippen molar-refractivity contribution in [1.29, 1.82) is 0 Å². The maximum Gasteiger partial charge on any atom is 0.209 e. The number of para-hydroxylation sites is 1. The van der Waals surface area contributed by atoms with E-state index in [1.54, 1.807) is 24.3 Å². The number of aromatic hydroxyl groups is 1. The maximum absolute atomic E-state index is 10.9. The minimum absolute atomic E-state index is 0.0502. The van der Waals surface area contributed by atoms with E-state index in [0.29, 0.717) is 12.4 Å². The molecule has 0 saturated heterocycles. The van der Waals surface area contributed by atoms with Crippen molar-refractivity contribution in [1.82, 2.24) is 0 Å².